The van der Waals surface area contributed by atoms with Gasteiger partial charge in [-0.2, -0.15) is 21.0 Å². The monoisotopic (exact) mass is 320 g/mol. The molecule has 104 valence electrons. The van der Waals surface area contributed by atoms with Crippen LogP contribution in [0.1, 0.15) is 0 Å². The van der Waals surface area contributed by atoms with Gasteiger partial charge in [0.1, 0.15) is 35.4 Å². The van der Waals surface area contributed by atoms with Crippen molar-refractivity contribution >= 4 is 23.5 Å². The maximum absolute atomic E-state index is 9.28. The van der Waals surface area contributed by atoms with Crippen LogP contribution in [0.25, 0.3) is 0 Å². The van der Waals surface area contributed by atoms with Gasteiger partial charge in [0.15, 0.2) is 0 Å². The second-order valence-electron chi connectivity index (χ2n) is 4.93. The Morgan fingerprint density at radius 2 is 1.09 bits per heavy atom. The minimum absolute atomic E-state index is 0.0781. The van der Waals surface area contributed by atoms with Crippen molar-refractivity contribution in [3.05, 3.63) is 45.3 Å². The maximum atomic E-state index is 9.28. The first-order valence-electron chi connectivity index (χ1n) is 6.49. The zero-order chi connectivity index (χ0) is 15.7. The second kappa shape index (κ2) is 5.78. The fourth-order valence-electron chi connectivity index (χ4n) is 3.17. The highest BCUT2D eigenvalue weighted by Crippen LogP contribution is 2.55. The highest BCUT2D eigenvalue weighted by molar-refractivity contribution is 8.03. The number of allylic oxidation sites excluding steroid dienone is 4. The van der Waals surface area contributed by atoms with Crippen molar-refractivity contribution in [1.29, 1.82) is 21.0 Å². The van der Waals surface area contributed by atoms with E-state index in [1.54, 1.807) is 23.5 Å². The van der Waals surface area contributed by atoms with Gasteiger partial charge in [-0.15, -0.1) is 23.5 Å². The molecule has 0 aromatic carbocycles. The van der Waals surface area contributed by atoms with Crippen molar-refractivity contribution in [3.8, 4) is 24.3 Å². The van der Waals surface area contributed by atoms with Crippen molar-refractivity contribution < 1.29 is 0 Å². The molecular formula is C16H8N4S2. The summed E-state index contributed by atoms with van der Waals surface area (Å²) in [6, 6.07) is 8.03. The molecule has 2 aliphatic heterocycles. The van der Waals surface area contributed by atoms with Gasteiger partial charge in [-0.05, 0) is 22.0 Å². The molecular weight excluding hydrogens is 312 g/mol. The third-order valence-electron chi connectivity index (χ3n) is 4.03. The van der Waals surface area contributed by atoms with Crippen LogP contribution >= 0.6 is 23.5 Å². The lowest BCUT2D eigenvalue weighted by Gasteiger charge is -2.38. The SMILES string of the molecule is N#CC(C#N)=C1C2C=CSC2C(=C(C#N)C#N)C2C=CSC12. The summed E-state index contributed by atoms with van der Waals surface area (Å²) in [6.07, 6.45) is 3.95. The van der Waals surface area contributed by atoms with Crippen molar-refractivity contribution in [1.82, 2.24) is 0 Å². The van der Waals surface area contributed by atoms with Gasteiger partial charge in [0.2, 0.25) is 0 Å². The number of rotatable bonds is 0. The third-order valence-corrected chi connectivity index (χ3v) is 6.34. The van der Waals surface area contributed by atoms with E-state index in [1.807, 2.05) is 47.2 Å². The molecule has 0 spiro atoms. The summed E-state index contributed by atoms with van der Waals surface area (Å²) < 4.78 is 0. The van der Waals surface area contributed by atoms with Gasteiger partial charge in [0.25, 0.3) is 0 Å². The Morgan fingerprint density at radius 3 is 1.41 bits per heavy atom. The van der Waals surface area contributed by atoms with Crippen LogP contribution in [0.15, 0.2) is 45.3 Å². The Balaban J connectivity index is 2.25. The van der Waals surface area contributed by atoms with Crippen LogP contribution in [-0.4, -0.2) is 10.5 Å². The molecule has 4 nitrogen and oxygen atoms in total. The number of nitriles is 4. The highest BCUT2D eigenvalue weighted by Gasteiger charge is 2.48. The first kappa shape index (κ1) is 14.6. The molecule has 0 amide bonds. The predicted molar refractivity (Wildman–Crippen MR) is 84.5 cm³/mol. The van der Waals surface area contributed by atoms with Crippen LogP contribution in [0.2, 0.25) is 0 Å². The Kier molecular flexibility index (Phi) is 3.82. The van der Waals surface area contributed by atoms with Crippen LogP contribution in [0.3, 0.4) is 0 Å². The summed E-state index contributed by atoms with van der Waals surface area (Å²) >= 11 is 3.10. The number of hydrogen-bond donors (Lipinski definition) is 0. The summed E-state index contributed by atoms with van der Waals surface area (Å²) in [5.41, 5.74) is 1.97. The van der Waals surface area contributed by atoms with Gasteiger partial charge in [0.05, 0.1) is 0 Å². The standard InChI is InChI=1S/C16H8N4S2/c17-5-9(6-18)13-11-1-3-21-15(11)14(10(7-19)8-20)12-2-4-22-16(12)13/h1-4,11-12,15-16H. The highest BCUT2D eigenvalue weighted by atomic mass is 32.2. The molecule has 4 atom stereocenters. The van der Waals surface area contributed by atoms with E-state index in [0.29, 0.717) is 0 Å². The topological polar surface area (TPSA) is 95.2 Å². The quantitative estimate of drug-likeness (QED) is 0.636. The number of hydrogen-bond acceptors (Lipinski definition) is 6. The second-order valence-corrected chi connectivity index (χ2v) is 7.03. The Labute approximate surface area is 136 Å². The smallest absolute Gasteiger partial charge is 0.130 e. The van der Waals surface area contributed by atoms with E-state index in [2.05, 4.69) is 0 Å². The molecule has 3 rings (SSSR count). The summed E-state index contributed by atoms with van der Waals surface area (Å²) in [5.74, 6) is -0.195. The number of thioether (sulfide) groups is 2. The third kappa shape index (κ3) is 1.98. The van der Waals surface area contributed by atoms with E-state index in [-0.39, 0.29) is 33.5 Å². The van der Waals surface area contributed by atoms with Crippen LogP contribution in [0.5, 0.6) is 0 Å². The van der Waals surface area contributed by atoms with Crippen LogP contribution in [0, 0.1) is 57.2 Å². The fourth-order valence-corrected chi connectivity index (χ4v) is 5.69. The van der Waals surface area contributed by atoms with Gasteiger partial charge in [-0.3, -0.25) is 0 Å². The zero-order valence-electron chi connectivity index (χ0n) is 11.2. The predicted octanol–water partition coefficient (Wildman–Crippen LogP) is 3.18. The van der Waals surface area contributed by atoms with E-state index >= 15 is 0 Å². The molecule has 6 heteroatoms. The van der Waals surface area contributed by atoms with Crippen molar-refractivity contribution in [2.45, 2.75) is 10.5 Å². The lowest BCUT2D eigenvalue weighted by molar-refractivity contribution is 0.579. The Morgan fingerprint density at radius 1 is 0.727 bits per heavy atom. The van der Waals surface area contributed by atoms with Gasteiger partial charge >= 0.3 is 0 Å². The van der Waals surface area contributed by atoms with Gasteiger partial charge in [0, 0.05) is 22.3 Å². The zero-order valence-corrected chi connectivity index (χ0v) is 12.9. The molecule has 0 saturated heterocycles. The Hall–Kier alpha value is -2.38. The number of fused-ring (bicyclic) bond motifs is 2. The van der Waals surface area contributed by atoms with Crippen LogP contribution < -0.4 is 0 Å². The summed E-state index contributed by atoms with van der Waals surface area (Å²) in [5, 5.41) is 40.8. The Bertz CT molecular complexity index is 718. The van der Waals surface area contributed by atoms with Crippen molar-refractivity contribution in [3.63, 3.8) is 0 Å². The van der Waals surface area contributed by atoms with E-state index in [1.165, 1.54) is 0 Å². The minimum atomic E-state index is -0.0975. The molecule has 1 aliphatic carbocycles. The average Bonchev–Trinajstić information content (AvgIpc) is 3.19. The molecule has 3 aliphatic rings. The molecule has 0 N–H and O–H groups in total. The lowest BCUT2D eigenvalue weighted by Crippen LogP contribution is -2.37. The molecule has 0 bridgehead atoms. The van der Waals surface area contributed by atoms with Crippen molar-refractivity contribution in [2.24, 2.45) is 11.8 Å². The van der Waals surface area contributed by atoms with Gasteiger partial charge in [-0.1, -0.05) is 12.2 Å². The fraction of sp³-hybridized carbons (Fsp3) is 0.250. The average molecular weight is 320 g/mol. The molecule has 1 saturated carbocycles. The van der Waals surface area contributed by atoms with Gasteiger partial charge < -0.3 is 0 Å². The molecule has 4 unspecified atom stereocenters. The summed E-state index contributed by atoms with van der Waals surface area (Å²) in [7, 11) is 0. The minimum Gasteiger partial charge on any atom is -0.192 e. The van der Waals surface area contributed by atoms with Crippen LogP contribution in [-0.2, 0) is 0 Å². The van der Waals surface area contributed by atoms with E-state index in [0.717, 1.165) is 11.1 Å². The molecule has 0 radical (unpaired) electrons. The van der Waals surface area contributed by atoms with Crippen molar-refractivity contribution in [2.75, 3.05) is 0 Å². The van der Waals surface area contributed by atoms with E-state index in [4.69, 9.17) is 0 Å². The van der Waals surface area contributed by atoms with Gasteiger partial charge in [-0.25, -0.2) is 0 Å². The molecule has 2 heterocycles. The first-order valence-corrected chi connectivity index (χ1v) is 8.38. The van der Waals surface area contributed by atoms with E-state index in [9.17, 15) is 21.0 Å². The number of nitrogens with zero attached hydrogens (tertiary/aromatic N) is 4. The maximum Gasteiger partial charge on any atom is 0.130 e. The normalized spacial score (nSPS) is 30.5. The summed E-state index contributed by atoms with van der Waals surface area (Å²) in [6.45, 7) is 0. The first-order chi connectivity index (χ1) is 10.8. The molecule has 0 aromatic heterocycles. The van der Waals surface area contributed by atoms with E-state index < -0.39 is 0 Å². The largest absolute Gasteiger partial charge is 0.192 e. The van der Waals surface area contributed by atoms with Crippen LogP contribution in [0.4, 0.5) is 0 Å². The molecule has 22 heavy (non-hydrogen) atoms. The summed E-state index contributed by atoms with van der Waals surface area (Å²) in [4.78, 5) is 0. The molecule has 1 fully saturated rings. The lowest BCUT2D eigenvalue weighted by atomic mass is 9.71. The molecule has 0 aromatic rings.